The first-order valence-corrected chi connectivity index (χ1v) is 6.09. The summed E-state index contributed by atoms with van der Waals surface area (Å²) in [5, 5.41) is 10.8. The molecular formula is C10H8N4O4S. The minimum atomic E-state index is -0.587. The Hall–Kier alpha value is -2.42. The van der Waals surface area contributed by atoms with Gasteiger partial charge in [0, 0.05) is 18.3 Å². The van der Waals surface area contributed by atoms with Gasteiger partial charge in [-0.25, -0.2) is 4.98 Å². The van der Waals surface area contributed by atoms with Crippen LogP contribution in [0.1, 0.15) is 10.5 Å². The number of Topliss-reactive ketones (excluding diaryl/α,β-unsaturated/α-hetero) is 1. The third-order valence-electron chi connectivity index (χ3n) is 2.17. The number of thioether (sulfide) groups is 1. The molecule has 8 nitrogen and oxygen atoms in total. The lowest BCUT2D eigenvalue weighted by Gasteiger charge is -1.98. The number of ketones is 1. The number of H-pyrrole nitrogens is 2. The van der Waals surface area contributed by atoms with Crippen LogP contribution < -0.4 is 5.56 Å². The molecule has 0 unspecified atom stereocenters. The highest BCUT2D eigenvalue weighted by Crippen LogP contribution is 2.16. The van der Waals surface area contributed by atoms with Crippen LogP contribution in [-0.4, -0.2) is 31.4 Å². The lowest BCUT2D eigenvalue weighted by molar-refractivity contribution is -0.384. The van der Waals surface area contributed by atoms with Crippen molar-refractivity contribution in [1.82, 2.24) is 15.0 Å². The lowest BCUT2D eigenvalue weighted by Crippen LogP contribution is -2.08. The van der Waals surface area contributed by atoms with Crippen LogP contribution in [0.3, 0.4) is 0 Å². The first-order valence-electron chi connectivity index (χ1n) is 5.10. The number of aromatic amines is 2. The molecule has 0 atom stereocenters. The summed E-state index contributed by atoms with van der Waals surface area (Å²) < 4.78 is 0. The fourth-order valence-corrected chi connectivity index (χ4v) is 2.02. The van der Waals surface area contributed by atoms with E-state index >= 15 is 0 Å². The lowest BCUT2D eigenvalue weighted by atomic mass is 10.3. The van der Waals surface area contributed by atoms with Crippen LogP contribution in [-0.2, 0) is 0 Å². The third-order valence-corrected chi connectivity index (χ3v) is 3.05. The van der Waals surface area contributed by atoms with Crippen molar-refractivity contribution in [1.29, 1.82) is 0 Å². The molecule has 2 aromatic heterocycles. The van der Waals surface area contributed by atoms with Gasteiger partial charge in [-0.15, -0.1) is 0 Å². The maximum Gasteiger partial charge on any atom is 0.287 e. The summed E-state index contributed by atoms with van der Waals surface area (Å²) in [4.78, 5) is 41.5. The Bertz CT molecular complexity index is 678. The number of hydrogen-bond acceptors (Lipinski definition) is 6. The number of carbonyl (C=O) groups is 1. The van der Waals surface area contributed by atoms with Gasteiger partial charge in [0.25, 0.3) is 11.2 Å². The fourth-order valence-electron chi connectivity index (χ4n) is 1.29. The molecule has 0 amide bonds. The number of nitro groups is 1. The van der Waals surface area contributed by atoms with Crippen LogP contribution in [0.5, 0.6) is 0 Å². The van der Waals surface area contributed by atoms with Crippen molar-refractivity contribution in [3.63, 3.8) is 0 Å². The van der Waals surface area contributed by atoms with Crippen molar-refractivity contribution < 1.29 is 9.72 Å². The van der Waals surface area contributed by atoms with E-state index < -0.39 is 4.92 Å². The van der Waals surface area contributed by atoms with Crippen molar-refractivity contribution in [3.05, 3.63) is 50.7 Å². The summed E-state index contributed by atoms with van der Waals surface area (Å²) in [7, 11) is 0. The molecule has 19 heavy (non-hydrogen) atoms. The zero-order valence-electron chi connectivity index (χ0n) is 9.45. The Morgan fingerprint density at radius 1 is 1.53 bits per heavy atom. The number of hydrogen-bond donors (Lipinski definition) is 2. The first-order chi connectivity index (χ1) is 9.06. The number of rotatable bonds is 5. The molecule has 0 aliphatic heterocycles. The molecule has 98 valence electrons. The summed E-state index contributed by atoms with van der Waals surface area (Å²) in [5.74, 6) is -0.297. The number of carbonyl (C=O) groups excluding carboxylic acids is 1. The van der Waals surface area contributed by atoms with Gasteiger partial charge in [0.2, 0.25) is 0 Å². The zero-order chi connectivity index (χ0) is 13.8. The van der Waals surface area contributed by atoms with Crippen LogP contribution in [0.25, 0.3) is 0 Å². The molecule has 2 N–H and O–H groups in total. The average molecular weight is 280 g/mol. The molecule has 0 aromatic carbocycles. The molecule has 0 spiro atoms. The maximum absolute atomic E-state index is 11.7. The average Bonchev–Trinajstić information content (AvgIpc) is 2.86. The van der Waals surface area contributed by atoms with Gasteiger partial charge in [0.05, 0.1) is 22.6 Å². The number of aromatic nitrogens is 3. The Kier molecular flexibility index (Phi) is 3.76. The van der Waals surface area contributed by atoms with E-state index in [1.165, 1.54) is 18.3 Å². The van der Waals surface area contributed by atoms with Gasteiger partial charge in [0.1, 0.15) is 0 Å². The fraction of sp³-hybridized carbons (Fsp3) is 0.100. The third kappa shape index (κ3) is 3.28. The highest BCUT2D eigenvalue weighted by molar-refractivity contribution is 7.99. The van der Waals surface area contributed by atoms with Crippen LogP contribution in [0.15, 0.2) is 34.5 Å². The second-order valence-corrected chi connectivity index (χ2v) is 4.44. The summed E-state index contributed by atoms with van der Waals surface area (Å²) >= 11 is 1.05. The van der Waals surface area contributed by atoms with Crippen LogP contribution in [0, 0.1) is 10.1 Å². The highest BCUT2D eigenvalue weighted by Gasteiger charge is 2.14. The SMILES string of the molecule is O=C(CSc1nccc(=O)[nH]1)c1cc([N+](=O)[O-])c[nH]1. The quantitative estimate of drug-likeness (QED) is 0.277. The summed E-state index contributed by atoms with van der Waals surface area (Å²) in [6, 6.07) is 2.43. The normalized spacial score (nSPS) is 10.3. The first kappa shape index (κ1) is 13.0. The predicted molar refractivity (Wildman–Crippen MR) is 67.4 cm³/mol. The van der Waals surface area contributed by atoms with Gasteiger partial charge in [0.15, 0.2) is 10.9 Å². The summed E-state index contributed by atoms with van der Waals surface area (Å²) in [5.41, 5.74) is -0.322. The molecule has 0 aliphatic carbocycles. The van der Waals surface area contributed by atoms with E-state index in [1.807, 2.05) is 0 Å². The van der Waals surface area contributed by atoms with Crippen LogP contribution in [0.4, 0.5) is 5.69 Å². The summed E-state index contributed by atoms with van der Waals surface area (Å²) in [6.45, 7) is 0. The Morgan fingerprint density at radius 3 is 2.95 bits per heavy atom. The molecule has 0 aliphatic rings. The molecule has 2 aromatic rings. The molecule has 0 bridgehead atoms. The van der Waals surface area contributed by atoms with E-state index in [2.05, 4.69) is 15.0 Å². The zero-order valence-corrected chi connectivity index (χ0v) is 10.3. The molecule has 0 radical (unpaired) electrons. The predicted octanol–water partition coefficient (Wildman–Crippen LogP) is 0.981. The monoisotopic (exact) mass is 280 g/mol. The Labute approximate surface area is 110 Å². The van der Waals surface area contributed by atoms with Gasteiger partial charge in [-0.05, 0) is 0 Å². The second kappa shape index (κ2) is 5.48. The van der Waals surface area contributed by atoms with Gasteiger partial charge < -0.3 is 9.97 Å². The van der Waals surface area contributed by atoms with Crippen LogP contribution in [0.2, 0.25) is 0 Å². The topological polar surface area (TPSA) is 122 Å². The van der Waals surface area contributed by atoms with E-state index in [0.717, 1.165) is 18.0 Å². The van der Waals surface area contributed by atoms with Crippen molar-refractivity contribution in [2.75, 3.05) is 5.75 Å². The van der Waals surface area contributed by atoms with Crippen LogP contribution >= 0.6 is 11.8 Å². The molecule has 9 heteroatoms. The Morgan fingerprint density at radius 2 is 2.32 bits per heavy atom. The van der Waals surface area contributed by atoms with E-state index in [-0.39, 0.29) is 28.5 Å². The molecule has 0 fully saturated rings. The minimum absolute atomic E-state index is 0.0185. The highest BCUT2D eigenvalue weighted by atomic mass is 32.2. The molecule has 0 saturated heterocycles. The van der Waals surface area contributed by atoms with Crippen molar-refractivity contribution in [2.24, 2.45) is 0 Å². The van der Waals surface area contributed by atoms with Crippen molar-refractivity contribution in [2.45, 2.75) is 5.16 Å². The molecule has 2 heterocycles. The van der Waals surface area contributed by atoms with E-state index in [0.29, 0.717) is 5.16 Å². The molecular weight excluding hydrogens is 272 g/mol. The molecule has 0 saturated carbocycles. The van der Waals surface area contributed by atoms with Gasteiger partial charge in [-0.3, -0.25) is 19.7 Å². The number of nitrogens with one attached hydrogen (secondary N) is 2. The smallest absolute Gasteiger partial charge is 0.287 e. The standard InChI is InChI=1S/C10H8N4O4S/c15-8(7-3-6(4-12-7)14(17)18)5-19-10-11-2-1-9(16)13-10/h1-4,12H,5H2,(H,11,13,16). The van der Waals surface area contributed by atoms with E-state index in [1.54, 1.807) is 0 Å². The molecule has 2 rings (SSSR count). The van der Waals surface area contributed by atoms with Gasteiger partial charge >= 0.3 is 0 Å². The minimum Gasteiger partial charge on any atom is -0.353 e. The summed E-state index contributed by atoms with van der Waals surface area (Å²) in [6.07, 6.45) is 2.49. The maximum atomic E-state index is 11.7. The van der Waals surface area contributed by atoms with E-state index in [4.69, 9.17) is 0 Å². The second-order valence-electron chi connectivity index (χ2n) is 3.48. The number of nitrogens with zero attached hydrogens (tertiary/aromatic N) is 2. The Balaban J connectivity index is 2.01. The van der Waals surface area contributed by atoms with Gasteiger partial charge in [-0.2, -0.15) is 0 Å². The van der Waals surface area contributed by atoms with Gasteiger partial charge in [-0.1, -0.05) is 11.8 Å². The van der Waals surface area contributed by atoms with Crippen molar-refractivity contribution in [3.8, 4) is 0 Å². The van der Waals surface area contributed by atoms with E-state index in [9.17, 15) is 19.7 Å². The van der Waals surface area contributed by atoms with Crippen molar-refractivity contribution >= 4 is 23.2 Å². The largest absolute Gasteiger partial charge is 0.353 e.